The van der Waals surface area contributed by atoms with Crippen LogP contribution in [0, 0.1) is 0 Å². The van der Waals surface area contributed by atoms with Gasteiger partial charge in [0.15, 0.2) is 0 Å². The van der Waals surface area contributed by atoms with E-state index in [1.807, 2.05) is 48.5 Å². The first-order chi connectivity index (χ1) is 13.2. The summed E-state index contributed by atoms with van der Waals surface area (Å²) in [7, 11) is 0. The van der Waals surface area contributed by atoms with Gasteiger partial charge in [0, 0.05) is 16.8 Å². The van der Waals surface area contributed by atoms with Crippen LogP contribution in [0.3, 0.4) is 0 Å². The van der Waals surface area contributed by atoms with Gasteiger partial charge in [0.1, 0.15) is 11.5 Å². The molecule has 1 aromatic heterocycles. The van der Waals surface area contributed by atoms with E-state index in [2.05, 4.69) is 15.3 Å². The van der Waals surface area contributed by atoms with Crippen molar-refractivity contribution in [2.75, 3.05) is 5.32 Å². The van der Waals surface area contributed by atoms with Crippen molar-refractivity contribution in [2.24, 2.45) is 0 Å². The Morgan fingerprint density at radius 1 is 0.852 bits per heavy atom. The number of aromatic nitrogens is 2. The number of para-hydroxylation sites is 2. The highest BCUT2D eigenvalue weighted by molar-refractivity contribution is 6.00. The van der Waals surface area contributed by atoms with Crippen LogP contribution in [0.25, 0.3) is 11.0 Å². The van der Waals surface area contributed by atoms with Gasteiger partial charge in [-0.15, -0.1) is 0 Å². The third kappa shape index (κ3) is 2.58. The molecule has 27 heavy (non-hydrogen) atoms. The number of rotatable bonds is 2. The van der Waals surface area contributed by atoms with Gasteiger partial charge >= 0.3 is 5.69 Å². The van der Waals surface area contributed by atoms with Crippen molar-refractivity contribution >= 4 is 22.6 Å². The fraction of sp³-hybridized carbons (Fsp3) is 0.0476. The third-order valence-electron chi connectivity index (χ3n) is 4.73. The highest BCUT2D eigenvalue weighted by atomic mass is 16.5. The van der Waals surface area contributed by atoms with Gasteiger partial charge in [-0.3, -0.25) is 4.79 Å². The highest BCUT2D eigenvalue weighted by Gasteiger charge is 2.32. The second-order valence-corrected chi connectivity index (χ2v) is 6.44. The van der Waals surface area contributed by atoms with Gasteiger partial charge in [0.05, 0.1) is 17.0 Å². The number of imidazole rings is 1. The fourth-order valence-corrected chi connectivity index (χ4v) is 3.52. The molecule has 132 valence electrons. The monoisotopic (exact) mass is 357 g/mol. The van der Waals surface area contributed by atoms with E-state index < -0.39 is 5.92 Å². The van der Waals surface area contributed by atoms with E-state index in [0.29, 0.717) is 28.2 Å². The van der Waals surface area contributed by atoms with E-state index in [9.17, 15) is 9.59 Å². The number of anilines is 1. The Balaban J connectivity index is 1.55. The Labute approximate surface area is 153 Å². The quantitative estimate of drug-likeness (QED) is 0.511. The molecular weight excluding hydrogens is 342 g/mol. The minimum atomic E-state index is -0.480. The van der Waals surface area contributed by atoms with E-state index >= 15 is 0 Å². The van der Waals surface area contributed by atoms with E-state index in [-0.39, 0.29) is 11.6 Å². The lowest BCUT2D eigenvalue weighted by atomic mass is 9.87. The smallest absolute Gasteiger partial charge is 0.323 e. The summed E-state index contributed by atoms with van der Waals surface area (Å²) >= 11 is 0. The van der Waals surface area contributed by atoms with Crippen molar-refractivity contribution in [1.82, 2.24) is 9.97 Å². The Kier molecular flexibility index (Phi) is 3.36. The second-order valence-electron chi connectivity index (χ2n) is 6.44. The Morgan fingerprint density at radius 2 is 1.48 bits per heavy atom. The summed E-state index contributed by atoms with van der Waals surface area (Å²) in [5.74, 6) is 0.728. The van der Waals surface area contributed by atoms with Crippen LogP contribution in [0.1, 0.15) is 17.0 Å². The molecule has 0 saturated carbocycles. The van der Waals surface area contributed by atoms with Crippen molar-refractivity contribution in [1.29, 1.82) is 0 Å². The molecule has 3 aromatic carbocycles. The molecule has 1 amide bonds. The average molecular weight is 357 g/mol. The normalized spacial score (nSPS) is 12.9. The van der Waals surface area contributed by atoms with Gasteiger partial charge in [-0.1, -0.05) is 36.4 Å². The molecule has 6 heteroatoms. The number of H-pyrrole nitrogens is 2. The van der Waals surface area contributed by atoms with Gasteiger partial charge in [-0.25, -0.2) is 4.79 Å². The van der Waals surface area contributed by atoms with E-state index in [4.69, 9.17) is 4.74 Å². The van der Waals surface area contributed by atoms with E-state index in [1.165, 1.54) is 0 Å². The lowest BCUT2D eigenvalue weighted by Gasteiger charge is -2.27. The van der Waals surface area contributed by atoms with Crippen LogP contribution in [0.15, 0.2) is 71.5 Å². The van der Waals surface area contributed by atoms with Crippen LogP contribution in [0.5, 0.6) is 11.5 Å². The summed E-state index contributed by atoms with van der Waals surface area (Å²) in [6.07, 6.45) is 0. The molecule has 0 saturated heterocycles. The molecule has 0 radical (unpaired) electrons. The summed E-state index contributed by atoms with van der Waals surface area (Å²) < 4.78 is 5.94. The summed E-state index contributed by atoms with van der Waals surface area (Å²) in [5, 5.41) is 2.96. The number of hydrogen-bond acceptors (Lipinski definition) is 3. The van der Waals surface area contributed by atoms with Crippen LogP contribution >= 0.6 is 0 Å². The molecule has 6 nitrogen and oxygen atoms in total. The number of fused-ring (bicyclic) bond motifs is 3. The minimum Gasteiger partial charge on any atom is -0.457 e. The van der Waals surface area contributed by atoms with Crippen molar-refractivity contribution in [2.45, 2.75) is 5.92 Å². The number of aromatic amines is 2. The van der Waals surface area contributed by atoms with E-state index in [1.54, 1.807) is 18.2 Å². The fourth-order valence-electron chi connectivity index (χ4n) is 3.52. The predicted octanol–water partition coefficient (Wildman–Crippen LogP) is 3.73. The molecule has 5 rings (SSSR count). The van der Waals surface area contributed by atoms with Crippen LogP contribution < -0.4 is 15.7 Å². The molecule has 0 fully saturated rings. The molecule has 1 aliphatic rings. The zero-order valence-electron chi connectivity index (χ0n) is 14.2. The Hall–Kier alpha value is -3.80. The standard InChI is InChI=1S/C21H15N3O3/c25-20(22-12-9-10-15-16(11-12)24-21(26)23-15)19-13-5-1-3-7-17(13)27-18-8-4-2-6-14(18)19/h1-11,19H,(H,22,25)(H2,23,24,26). The molecule has 0 unspecified atom stereocenters. The van der Waals surface area contributed by atoms with Gasteiger partial charge in [-0.05, 0) is 30.3 Å². The number of ether oxygens (including phenoxy) is 1. The maximum atomic E-state index is 13.2. The van der Waals surface area contributed by atoms with E-state index in [0.717, 1.165) is 11.1 Å². The van der Waals surface area contributed by atoms with Gasteiger partial charge in [-0.2, -0.15) is 0 Å². The van der Waals surface area contributed by atoms with Crippen LogP contribution in [0.2, 0.25) is 0 Å². The number of nitrogens with one attached hydrogen (secondary N) is 3. The largest absolute Gasteiger partial charge is 0.457 e. The number of carbonyl (C=O) groups is 1. The number of hydrogen-bond donors (Lipinski definition) is 3. The number of amides is 1. The molecule has 0 bridgehead atoms. The lowest BCUT2D eigenvalue weighted by molar-refractivity contribution is -0.116. The van der Waals surface area contributed by atoms with Crippen molar-refractivity contribution in [3.63, 3.8) is 0 Å². The molecule has 0 atom stereocenters. The summed E-state index contributed by atoms with van der Waals surface area (Å²) in [5.41, 5.74) is 3.32. The summed E-state index contributed by atoms with van der Waals surface area (Å²) in [4.78, 5) is 30.0. The van der Waals surface area contributed by atoms with Crippen molar-refractivity contribution in [3.8, 4) is 11.5 Å². The zero-order chi connectivity index (χ0) is 18.4. The van der Waals surface area contributed by atoms with Gasteiger partial charge in [0.2, 0.25) is 5.91 Å². The average Bonchev–Trinajstić information content (AvgIpc) is 3.05. The Bertz CT molecular complexity index is 1190. The highest BCUT2D eigenvalue weighted by Crippen LogP contribution is 2.44. The first-order valence-electron chi connectivity index (χ1n) is 8.58. The van der Waals surface area contributed by atoms with Gasteiger partial charge in [0.25, 0.3) is 0 Å². The minimum absolute atomic E-state index is 0.157. The number of carbonyl (C=O) groups excluding carboxylic acids is 1. The van der Waals surface area contributed by atoms with Crippen molar-refractivity contribution in [3.05, 3.63) is 88.3 Å². The maximum absolute atomic E-state index is 13.2. The zero-order valence-corrected chi connectivity index (χ0v) is 14.2. The second kappa shape index (κ2) is 5.88. The first-order valence-corrected chi connectivity index (χ1v) is 8.58. The third-order valence-corrected chi connectivity index (χ3v) is 4.73. The predicted molar refractivity (Wildman–Crippen MR) is 102 cm³/mol. The van der Waals surface area contributed by atoms with Crippen LogP contribution in [-0.2, 0) is 4.79 Å². The molecule has 1 aliphatic heterocycles. The maximum Gasteiger partial charge on any atom is 0.323 e. The topological polar surface area (TPSA) is 87.0 Å². The van der Waals surface area contributed by atoms with Crippen molar-refractivity contribution < 1.29 is 9.53 Å². The lowest BCUT2D eigenvalue weighted by Crippen LogP contribution is -2.25. The van der Waals surface area contributed by atoms with Gasteiger partial charge < -0.3 is 20.0 Å². The number of benzene rings is 3. The van der Waals surface area contributed by atoms with Crippen LogP contribution in [-0.4, -0.2) is 15.9 Å². The SMILES string of the molecule is O=C(Nc1ccc2[nH]c(=O)[nH]c2c1)C1c2ccccc2Oc2ccccc21. The summed E-state index contributed by atoms with van der Waals surface area (Å²) in [6.45, 7) is 0. The molecule has 0 aliphatic carbocycles. The molecule has 2 heterocycles. The molecular formula is C21H15N3O3. The van der Waals surface area contributed by atoms with Crippen LogP contribution in [0.4, 0.5) is 5.69 Å². The Morgan fingerprint density at radius 3 is 2.19 bits per heavy atom. The molecule has 0 spiro atoms. The first kappa shape index (κ1) is 15.5. The molecule has 4 aromatic rings. The summed E-state index contributed by atoms with van der Waals surface area (Å²) in [6, 6.07) is 20.4. The molecule has 3 N–H and O–H groups in total.